The Balaban J connectivity index is 0.00000182. The molecule has 132 valence electrons. The van der Waals surface area contributed by atoms with Gasteiger partial charge in [-0.05, 0) is 55.7 Å². The molecule has 0 atom stereocenters. The molecule has 0 radical (unpaired) electrons. The molecule has 4 rings (SSSR count). The SMILES string of the molecule is Cl.NC1(c2noc(-c3ccc(COc4ccc(Br)cc4)o3)n2)CCC1. The van der Waals surface area contributed by atoms with E-state index in [0.717, 1.165) is 29.5 Å². The van der Waals surface area contributed by atoms with Crippen LogP contribution in [0.25, 0.3) is 11.7 Å². The predicted molar refractivity (Wildman–Crippen MR) is 97.4 cm³/mol. The zero-order chi connectivity index (χ0) is 16.6. The molecule has 0 bridgehead atoms. The number of benzene rings is 1. The molecule has 0 saturated heterocycles. The molecule has 6 nitrogen and oxygen atoms in total. The first-order valence-corrected chi connectivity index (χ1v) is 8.52. The summed E-state index contributed by atoms with van der Waals surface area (Å²) >= 11 is 3.39. The summed E-state index contributed by atoms with van der Waals surface area (Å²) < 4.78 is 17.7. The highest BCUT2D eigenvalue weighted by atomic mass is 79.9. The minimum absolute atomic E-state index is 0. The van der Waals surface area contributed by atoms with Gasteiger partial charge in [0.15, 0.2) is 11.6 Å². The Morgan fingerprint density at radius 1 is 1.16 bits per heavy atom. The lowest BCUT2D eigenvalue weighted by atomic mass is 9.77. The number of ether oxygens (including phenoxy) is 1. The van der Waals surface area contributed by atoms with Crippen LogP contribution < -0.4 is 10.5 Å². The fraction of sp³-hybridized carbons (Fsp3) is 0.294. The van der Waals surface area contributed by atoms with Gasteiger partial charge in [0.1, 0.15) is 18.1 Å². The van der Waals surface area contributed by atoms with E-state index >= 15 is 0 Å². The van der Waals surface area contributed by atoms with Gasteiger partial charge in [-0.1, -0.05) is 21.1 Å². The lowest BCUT2D eigenvalue weighted by molar-refractivity contribution is 0.229. The van der Waals surface area contributed by atoms with Crippen molar-refractivity contribution in [2.24, 2.45) is 5.73 Å². The second kappa shape index (κ2) is 7.19. The van der Waals surface area contributed by atoms with Crippen LogP contribution in [-0.4, -0.2) is 10.1 Å². The number of hydrogen-bond donors (Lipinski definition) is 1. The summed E-state index contributed by atoms with van der Waals surface area (Å²) in [5.41, 5.74) is 5.76. The van der Waals surface area contributed by atoms with Crippen molar-refractivity contribution in [2.45, 2.75) is 31.4 Å². The van der Waals surface area contributed by atoms with E-state index in [1.54, 1.807) is 6.07 Å². The van der Waals surface area contributed by atoms with E-state index in [4.69, 9.17) is 19.4 Å². The van der Waals surface area contributed by atoms with Crippen LogP contribution in [0.1, 0.15) is 30.8 Å². The Bertz CT molecular complexity index is 843. The Morgan fingerprint density at radius 2 is 1.92 bits per heavy atom. The topological polar surface area (TPSA) is 87.3 Å². The molecule has 25 heavy (non-hydrogen) atoms. The largest absolute Gasteiger partial charge is 0.486 e. The van der Waals surface area contributed by atoms with Crippen LogP contribution in [0.15, 0.2) is 49.8 Å². The Kier molecular flexibility index (Phi) is 5.17. The predicted octanol–water partition coefficient (Wildman–Crippen LogP) is 4.43. The van der Waals surface area contributed by atoms with Gasteiger partial charge in [0.05, 0.1) is 5.54 Å². The Labute approximate surface area is 159 Å². The maximum atomic E-state index is 6.20. The van der Waals surface area contributed by atoms with Gasteiger partial charge in [-0.25, -0.2) is 0 Å². The minimum atomic E-state index is -0.443. The van der Waals surface area contributed by atoms with Crippen molar-refractivity contribution >= 4 is 28.3 Å². The standard InChI is InChI=1S/C17H16BrN3O3.ClH/c18-11-2-4-12(5-3-11)22-10-13-6-7-14(23-13)15-20-16(21-24-15)17(19)8-1-9-17;/h2-7H,1,8-10,19H2;1H. The molecule has 1 aromatic carbocycles. The van der Waals surface area contributed by atoms with Crippen molar-refractivity contribution in [2.75, 3.05) is 0 Å². The molecule has 2 heterocycles. The molecule has 1 saturated carbocycles. The van der Waals surface area contributed by atoms with E-state index < -0.39 is 5.54 Å². The van der Waals surface area contributed by atoms with Gasteiger partial charge in [-0.15, -0.1) is 12.4 Å². The molecule has 1 fully saturated rings. The summed E-state index contributed by atoms with van der Waals surface area (Å²) in [7, 11) is 0. The van der Waals surface area contributed by atoms with E-state index in [2.05, 4.69) is 26.1 Å². The molecule has 8 heteroatoms. The normalized spacial score (nSPS) is 15.3. The summed E-state index contributed by atoms with van der Waals surface area (Å²) in [6.07, 6.45) is 2.87. The van der Waals surface area contributed by atoms with Crippen molar-refractivity contribution in [1.29, 1.82) is 0 Å². The smallest absolute Gasteiger partial charge is 0.293 e. The average Bonchev–Trinajstić information content (AvgIpc) is 3.21. The monoisotopic (exact) mass is 425 g/mol. The van der Waals surface area contributed by atoms with E-state index in [1.807, 2.05) is 30.3 Å². The molecule has 1 aliphatic carbocycles. The number of nitrogens with zero attached hydrogens (tertiary/aromatic N) is 2. The van der Waals surface area contributed by atoms with Crippen LogP contribution in [0.2, 0.25) is 0 Å². The fourth-order valence-electron chi connectivity index (χ4n) is 2.56. The van der Waals surface area contributed by atoms with Crippen molar-refractivity contribution in [3.63, 3.8) is 0 Å². The van der Waals surface area contributed by atoms with E-state index in [9.17, 15) is 0 Å². The second-order valence-corrected chi connectivity index (χ2v) is 6.86. The fourth-order valence-corrected chi connectivity index (χ4v) is 2.83. The van der Waals surface area contributed by atoms with Crippen molar-refractivity contribution in [1.82, 2.24) is 10.1 Å². The van der Waals surface area contributed by atoms with Gasteiger partial charge in [-0.3, -0.25) is 0 Å². The molecule has 2 N–H and O–H groups in total. The quantitative estimate of drug-likeness (QED) is 0.649. The van der Waals surface area contributed by atoms with E-state index in [1.165, 1.54) is 0 Å². The molecule has 1 aliphatic rings. The van der Waals surface area contributed by atoms with Crippen LogP contribution in [0, 0.1) is 0 Å². The third-order valence-electron chi connectivity index (χ3n) is 4.18. The first-order chi connectivity index (χ1) is 11.6. The zero-order valence-corrected chi connectivity index (χ0v) is 15.7. The lowest BCUT2D eigenvalue weighted by Crippen LogP contribution is -2.44. The van der Waals surface area contributed by atoms with Gasteiger partial charge in [-0.2, -0.15) is 4.98 Å². The number of rotatable bonds is 5. The van der Waals surface area contributed by atoms with E-state index in [0.29, 0.717) is 29.8 Å². The lowest BCUT2D eigenvalue weighted by Gasteiger charge is -2.34. The molecule has 0 spiro atoms. The molecule has 2 aromatic heterocycles. The molecule has 0 aliphatic heterocycles. The summed E-state index contributed by atoms with van der Waals surface area (Å²) in [6.45, 7) is 0.323. The van der Waals surface area contributed by atoms with Gasteiger partial charge in [0, 0.05) is 4.47 Å². The third kappa shape index (κ3) is 3.73. The highest BCUT2D eigenvalue weighted by Gasteiger charge is 2.39. The zero-order valence-electron chi connectivity index (χ0n) is 13.3. The highest BCUT2D eigenvalue weighted by molar-refractivity contribution is 9.10. The van der Waals surface area contributed by atoms with Crippen molar-refractivity contribution in [3.8, 4) is 17.4 Å². The number of halogens is 2. The molecule has 3 aromatic rings. The van der Waals surface area contributed by atoms with Crippen LogP contribution in [0.5, 0.6) is 5.75 Å². The molecular formula is C17H17BrClN3O3. The number of furan rings is 1. The third-order valence-corrected chi connectivity index (χ3v) is 4.71. The number of nitrogens with two attached hydrogens (primary N) is 1. The maximum Gasteiger partial charge on any atom is 0.293 e. The van der Waals surface area contributed by atoms with Crippen molar-refractivity contribution in [3.05, 3.63) is 52.5 Å². The minimum Gasteiger partial charge on any atom is -0.486 e. The van der Waals surface area contributed by atoms with E-state index in [-0.39, 0.29) is 12.4 Å². The Morgan fingerprint density at radius 3 is 2.60 bits per heavy atom. The Hall–Kier alpha value is -1.83. The maximum absolute atomic E-state index is 6.20. The average molecular weight is 427 g/mol. The van der Waals surface area contributed by atoms with Crippen LogP contribution in [-0.2, 0) is 12.1 Å². The van der Waals surface area contributed by atoms with Gasteiger partial charge in [0.2, 0.25) is 0 Å². The van der Waals surface area contributed by atoms with Crippen molar-refractivity contribution < 1.29 is 13.7 Å². The first-order valence-electron chi connectivity index (χ1n) is 7.73. The van der Waals surface area contributed by atoms with Gasteiger partial charge in [0.25, 0.3) is 5.89 Å². The second-order valence-electron chi connectivity index (χ2n) is 5.94. The highest BCUT2D eigenvalue weighted by Crippen LogP contribution is 2.37. The summed E-state index contributed by atoms with van der Waals surface area (Å²) in [4.78, 5) is 4.37. The summed E-state index contributed by atoms with van der Waals surface area (Å²) in [5.74, 6) is 2.86. The van der Waals surface area contributed by atoms with Gasteiger partial charge < -0.3 is 19.4 Å². The molecular weight excluding hydrogens is 410 g/mol. The van der Waals surface area contributed by atoms with Crippen LogP contribution in [0.4, 0.5) is 0 Å². The van der Waals surface area contributed by atoms with Crippen LogP contribution >= 0.6 is 28.3 Å². The first kappa shape index (κ1) is 18.0. The molecule has 0 amide bonds. The van der Waals surface area contributed by atoms with Gasteiger partial charge >= 0.3 is 0 Å². The number of aromatic nitrogens is 2. The van der Waals surface area contributed by atoms with Crippen LogP contribution in [0.3, 0.4) is 0 Å². The summed E-state index contributed by atoms with van der Waals surface area (Å²) in [5, 5.41) is 3.99. The number of hydrogen-bond acceptors (Lipinski definition) is 6. The molecule has 0 unspecified atom stereocenters. The summed E-state index contributed by atoms with van der Waals surface area (Å²) in [6, 6.07) is 11.2.